The summed E-state index contributed by atoms with van der Waals surface area (Å²) in [4.78, 5) is 52.0. The lowest BCUT2D eigenvalue weighted by Gasteiger charge is -2.34. The van der Waals surface area contributed by atoms with Gasteiger partial charge in [0.05, 0.1) is 51.2 Å². The molecule has 0 radical (unpaired) electrons. The van der Waals surface area contributed by atoms with Gasteiger partial charge in [-0.2, -0.15) is 0 Å². The Labute approximate surface area is 236 Å². The molecule has 0 fully saturated rings. The minimum absolute atomic E-state index is 0. The third-order valence-corrected chi connectivity index (χ3v) is 13.9. The van der Waals surface area contributed by atoms with Crippen LogP contribution in [0.25, 0.3) is 0 Å². The number of rotatable bonds is 15. The molecule has 0 aromatic carbocycles. The van der Waals surface area contributed by atoms with Crippen LogP contribution in [0.1, 0.15) is 59.3 Å². The molecule has 12 heteroatoms. The number of carbonyl (C=O) groups excluding carboxylic acids is 4. The zero-order valence-corrected chi connectivity index (χ0v) is 26.2. The van der Waals surface area contributed by atoms with Gasteiger partial charge in [0.15, 0.2) is 5.66 Å². The topological polar surface area (TPSA) is 105 Å². The molecule has 212 valence electrons. The van der Waals surface area contributed by atoms with Crippen LogP contribution >= 0.6 is 43.2 Å². The van der Waals surface area contributed by atoms with Crippen LogP contribution in [0.2, 0.25) is 0 Å². The van der Waals surface area contributed by atoms with Gasteiger partial charge < -0.3 is 18.9 Å². The minimum atomic E-state index is -2.12. The summed E-state index contributed by atoms with van der Waals surface area (Å²) in [6.07, 6.45) is 8.19. The zero-order valence-electron chi connectivity index (χ0n) is 22.9. The SMILES string of the molecule is CCCC[P+](CCCC)(CCCC)C(C(=O)OC)C(C(=O)OC)=C1SC(C(=O)OC)=C(C(=O)OC)S1.Cl. The number of hydrogen-bond acceptors (Lipinski definition) is 10. The van der Waals surface area contributed by atoms with Gasteiger partial charge in [-0.3, -0.25) is 0 Å². The monoisotopic (exact) mass is 599 g/mol. The highest BCUT2D eigenvalue weighted by Gasteiger charge is 2.55. The van der Waals surface area contributed by atoms with E-state index in [0.29, 0.717) is 4.24 Å². The summed E-state index contributed by atoms with van der Waals surface area (Å²) in [6, 6.07) is 0. The molecular formula is C25H41ClO8PS2+. The van der Waals surface area contributed by atoms with E-state index in [1.54, 1.807) is 0 Å². The van der Waals surface area contributed by atoms with Crippen molar-refractivity contribution in [3.05, 3.63) is 19.6 Å². The standard InChI is InChI=1S/C25H40O8PS2.ClH/c1-8-11-14-34(15-12-9-2,16-13-10-3)18(22(27)31-5)17(21(26)30-4)25-35-19(23(28)32-6)20(36-25)24(29)33-7;/h18H,8-16H2,1-7H3;1H/q+1;. The van der Waals surface area contributed by atoms with Gasteiger partial charge in [0, 0.05) is 7.26 Å². The first-order chi connectivity index (χ1) is 17.2. The fourth-order valence-corrected chi connectivity index (χ4v) is 12.5. The van der Waals surface area contributed by atoms with Gasteiger partial charge in [0.1, 0.15) is 15.4 Å². The summed E-state index contributed by atoms with van der Waals surface area (Å²) < 4.78 is 20.6. The Morgan fingerprint density at radius 1 is 0.703 bits per heavy atom. The summed E-state index contributed by atoms with van der Waals surface area (Å²) in [5.41, 5.74) is -0.651. The Morgan fingerprint density at radius 2 is 1.11 bits per heavy atom. The van der Waals surface area contributed by atoms with E-state index >= 15 is 0 Å². The van der Waals surface area contributed by atoms with Crippen LogP contribution in [0.3, 0.4) is 0 Å². The van der Waals surface area contributed by atoms with E-state index in [2.05, 4.69) is 20.8 Å². The lowest BCUT2D eigenvalue weighted by Crippen LogP contribution is -2.36. The Balaban J connectivity index is 0.0000130. The number of carbonyl (C=O) groups is 4. The van der Waals surface area contributed by atoms with Crippen molar-refractivity contribution in [1.29, 1.82) is 0 Å². The molecule has 0 spiro atoms. The fraction of sp³-hybridized carbons (Fsp3) is 0.680. The lowest BCUT2D eigenvalue weighted by atomic mass is 10.2. The van der Waals surface area contributed by atoms with Crippen molar-refractivity contribution in [3.8, 4) is 0 Å². The molecule has 0 saturated heterocycles. The summed E-state index contributed by atoms with van der Waals surface area (Å²) in [5.74, 6) is -2.58. The first-order valence-corrected chi connectivity index (χ1v) is 16.3. The van der Waals surface area contributed by atoms with Gasteiger partial charge in [-0.1, -0.05) is 63.6 Å². The highest BCUT2D eigenvalue weighted by Crippen LogP contribution is 2.68. The first kappa shape index (κ1) is 35.8. The molecule has 37 heavy (non-hydrogen) atoms. The Kier molecular flexibility index (Phi) is 17.5. The summed E-state index contributed by atoms with van der Waals surface area (Å²) in [7, 11) is 2.91. The molecular weight excluding hydrogens is 559 g/mol. The van der Waals surface area contributed by atoms with E-state index < -0.39 is 36.8 Å². The van der Waals surface area contributed by atoms with E-state index in [4.69, 9.17) is 18.9 Å². The van der Waals surface area contributed by atoms with Gasteiger partial charge in [-0.05, 0) is 19.3 Å². The molecule has 0 saturated carbocycles. The second kappa shape index (κ2) is 18.1. The molecule has 1 atom stereocenters. The maximum atomic E-state index is 13.6. The van der Waals surface area contributed by atoms with E-state index in [9.17, 15) is 19.2 Å². The molecule has 1 rings (SSSR count). The van der Waals surface area contributed by atoms with E-state index in [1.165, 1.54) is 28.4 Å². The van der Waals surface area contributed by atoms with Crippen molar-refractivity contribution in [2.75, 3.05) is 46.9 Å². The fourth-order valence-electron chi connectivity index (χ4n) is 4.15. The van der Waals surface area contributed by atoms with Crippen LogP contribution in [-0.4, -0.2) is 76.5 Å². The number of esters is 4. The number of methoxy groups -OCH3 is 4. The van der Waals surface area contributed by atoms with E-state index in [-0.39, 0.29) is 27.8 Å². The van der Waals surface area contributed by atoms with E-state index in [1.807, 2.05) is 0 Å². The van der Waals surface area contributed by atoms with E-state index in [0.717, 1.165) is 80.5 Å². The van der Waals surface area contributed by atoms with Crippen LogP contribution in [-0.2, 0) is 38.1 Å². The minimum Gasteiger partial charge on any atom is -0.466 e. The predicted molar refractivity (Wildman–Crippen MR) is 155 cm³/mol. The van der Waals surface area contributed by atoms with Gasteiger partial charge in [-0.15, -0.1) is 12.4 Å². The molecule has 0 aliphatic carbocycles. The predicted octanol–water partition coefficient (Wildman–Crippen LogP) is 5.79. The summed E-state index contributed by atoms with van der Waals surface area (Å²) >= 11 is 1.89. The van der Waals surface area contributed by atoms with Crippen molar-refractivity contribution in [3.63, 3.8) is 0 Å². The largest absolute Gasteiger partial charge is 0.466 e. The van der Waals surface area contributed by atoms with Crippen molar-refractivity contribution in [2.45, 2.75) is 65.0 Å². The van der Waals surface area contributed by atoms with Crippen LogP contribution < -0.4 is 0 Å². The highest BCUT2D eigenvalue weighted by atomic mass is 35.5. The maximum Gasteiger partial charge on any atom is 0.351 e. The Morgan fingerprint density at radius 3 is 1.41 bits per heavy atom. The van der Waals surface area contributed by atoms with Crippen LogP contribution in [0.15, 0.2) is 19.6 Å². The van der Waals surface area contributed by atoms with Crippen LogP contribution in [0.4, 0.5) is 0 Å². The summed E-state index contributed by atoms with van der Waals surface area (Å²) in [5, 5.41) is 0. The number of unbranched alkanes of at least 4 members (excludes halogenated alkanes) is 3. The van der Waals surface area contributed by atoms with Gasteiger partial charge in [0.2, 0.25) is 0 Å². The van der Waals surface area contributed by atoms with Gasteiger partial charge in [-0.25, -0.2) is 19.2 Å². The Bertz CT molecular complexity index is 823. The van der Waals surface area contributed by atoms with Crippen molar-refractivity contribution >= 4 is 67.1 Å². The molecule has 1 unspecified atom stereocenters. The van der Waals surface area contributed by atoms with Crippen molar-refractivity contribution in [1.82, 2.24) is 0 Å². The molecule has 0 aromatic heterocycles. The molecule has 1 aliphatic heterocycles. The van der Waals surface area contributed by atoms with Crippen LogP contribution in [0, 0.1) is 0 Å². The normalized spacial score (nSPS) is 14.0. The zero-order chi connectivity index (χ0) is 27.3. The van der Waals surface area contributed by atoms with Gasteiger partial charge >= 0.3 is 23.9 Å². The average molecular weight is 600 g/mol. The third-order valence-electron chi connectivity index (χ3n) is 6.08. The summed E-state index contributed by atoms with van der Waals surface area (Å²) in [6.45, 7) is 6.33. The molecule has 1 heterocycles. The van der Waals surface area contributed by atoms with Crippen molar-refractivity contribution in [2.24, 2.45) is 0 Å². The molecule has 1 aliphatic rings. The van der Waals surface area contributed by atoms with Gasteiger partial charge in [0.25, 0.3) is 0 Å². The smallest absolute Gasteiger partial charge is 0.351 e. The second-order valence-corrected chi connectivity index (χ2v) is 15.0. The number of halogens is 1. The third kappa shape index (κ3) is 9.19. The number of hydrogen-bond donors (Lipinski definition) is 0. The second-order valence-electron chi connectivity index (χ2n) is 8.41. The first-order valence-electron chi connectivity index (χ1n) is 12.2. The molecule has 0 N–H and O–H groups in total. The average Bonchev–Trinajstić information content (AvgIpc) is 3.34. The lowest BCUT2D eigenvalue weighted by molar-refractivity contribution is -0.142. The van der Waals surface area contributed by atoms with Crippen molar-refractivity contribution < 1.29 is 38.1 Å². The molecule has 0 aromatic rings. The molecule has 0 amide bonds. The van der Waals surface area contributed by atoms with Crippen LogP contribution in [0.5, 0.6) is 0 Å². The molecule has 8 nitrogen and oxygen atoms in total. The maximum absolute atomic E-state index is 13.6. The quantitative estimate of drug-likeness (QED) is 0.0993. The highest BCUT2D eigenvalue weighted by molar-refractivity contribution is 8.29. The number of ether oxygens (including phenoxy) is 4. The Hall–Kier alpha value is -1.22. The number of thioether (sulfide) groups is 2. The molecule has 0 bridgehead atoms.